The smallest absolute Gasteiger partial charge is 0.418 e. The molecular weight excluding hydrogens is 255 g/mol. The van der Waals surface area contributed by atoms with Gasteiger partial charge in [-0.15, -0.1) is 0 Å². The molecule has 5 N–H and O–H groups in total. The van der Waals surface area contributed by atoms with Crippen LogP contribution in [-0.2, 0) is 6.18 Å². The van der Waals surface area contributed by atoms with Gasteiger partial charge in [0.15, 0.2) is 11.4 Å². The second kappa shape index (κ2) is 6.77. The van der Waals surface area contributed by atoms with Crippen LogP contribution >= 0.6 is 0 Å². The Morgan fingerprint density at radius 2 is 2.06 bits per heavy atom. The van der Waals surface area contributed by atoms with Crippen molar-refractivity contribution in [3.05, 3.63) is 23.5 Å². The van der Waals surface area contributed by atoms with Crippen LogP contribution in [0.25, 0.3) is 0 Å². The molecule has 0 radical (unpaired) electrons. The van der Waals surface area contributed by atoms with Gasteiger partial charge in [-0.3, -0.25) is 11.7 Å². The monoisotopic (exact) mass is 267 g/mol. The summed E-state index contributed by atoms with van der Waals surface area (Å²) in [5.74, 6) is 6.18. The minimum Gasteiger partial charge on any atom is -0.491 e. The third-order valence-electron chi connectivity index (χ3n) is 1.68. The number of pyridine rings is 1. The van der Waals surface area contributed by atoms with E-state index < -0.39 is 23.4 Å². The van der Waals surface area contributed by atoms with E-state index in [4.69, 9.17) is 9.84 Å². The number of aromatic carboxylic acids is 1. The van der Waals surface area contributed by atoms with Crippen molar-refractivity contribution >= 4 is 5.97 Å². The minimum atomic E-state index is -4.57. The van der Waals surface area contributed by atoms with E-state index in [0.29, 0.717) is 12.3 Å². The van der Waals surface area contributed by atoms with E-state index in [1.165, 1.54) is 6.92 Å². The predicted molar refractivity (Wildman–Crippen MR) is 55.7 cm³/mol. The lowest BCUT2D eigenvalue weighted by Gasteiger charge is -2.10. The summed E-state index contributed by atoms with van der Waals surface area (Å²) in [5.41, 5.74) is -1.57. The minimum absolute atomic E-state index is 0.0588. The first-order chi connectivity index (χ1) is 8.36. The lowest BCUT2D eigenvalue weighted by atomic mass is 10.2. The number of carbonyl (C=O) groups is 1. The van der Waals surface area contributed by atoms with Crippen molar-refractivity contribution in [2.24, 2.45) is 11.7 Å². The molecule has 0 saturated carbocycles. The summed E-state index contributed by atoms with van der Waals surface area (Å²) >= 11 is 0. The Kier molecular flexibility index (Phi) is 6.06. The van der Waals surface area contributed by atoms with E-state index in [-0.39, 0.29) is 12.4 Å². The number of rotatable bonds is 3. The van der Waals surface area contributed by atoms with Crippen molar-refractivity contribution in [1.82, 2.24) is 4.98 Å². The van der Waals surface area contributed by atoms with Crippen LogP contribution in [0.15, 0.2) is 12.3 Å². The number of nitrogens with two attached hydrogens (primary N) is 2. The maximum atomic E-state index is 12.3. The lowest BCUT2D eigenvalue weighted by Crippen LogP contribution is -2.11. The van der Waals surface area contributed by atoms with E-state index in [1.54, 1.807) is 0 Å². The summed E-state index contributed by atoms with van der Waals surface area (Å²) < 4.78 is 41.7. The van der Waals surface area contributed by atoms with Crippen molar-refractivity contribution in [3.8, 4) is 5.75 Å². The number of aromatic nitrogens is 1. The second-order valence-corrected chi connectivity index (χ2v) is 2.81. The Labute approximate surface area is 100 Å². The molecule has 18 heavy (non-hydrogen) atoms. The molecule has 6 nitrogen and oxygen atoms in total. The van der Waals surface area contributed by atoms with Crippen molar-refractivity contribution in [2.75, 3.05) is 6.61 Å². The standard InChI is InChI=1S/C9H8F3NO3.H4N2/c1-2-16-6-3-5(9(10,11)12)4-13-7(6)8(14)15;1-2/h3-4H,2H2,1H3,(H,14,15);1-2H2. The van der Waals surface area contributed by atoms with Gasteiger partial charge in [-0.05, 0) is 13.0 Å². The van der Waals surface area contributed by atoms with Crippen molar-refractivity contribution in [1.29, 1.82) is 0 Å². The van der Waals surface area contributed by atoms with Crippen LogP contribution in [0.2, 0.25) is 0 Å². The van der Waals surface area contributed by atoms with Crippen molar-refractivity contribution < 1.29 is 27.8 Å². The predicted octanol–water partition coefficient (Wildman–Crippen LogP) is 1.02. The quantitative estimate of drug-likeness (QED) is 0.556. The fourth-order valence-electron chi connectivity index (χ4n) is 1.03. The molecule has 0 aliphatic carbocycles. The van der Waals surface area contributed by atoms with Gasteiger partial charge in [0.25, 0.3) is 0 Å². The first kappa shape index (κ1) is 16.1. The zero-order valence-corrected chi connectivity index (χ0v) is 9.36. The molecule has 1 aromatic heterocycles. The Bertz CT molecular complexity index is 410. The topological polar surface area (TPSA) is 111 Å². The largest absolute Gasteiger partial charge is 0.491 e. The third-order valence-corrected chi connectivity index (χ3v) is 1.68. The van der Waals surface area contributed by atoms with Gasteiger partial charge in [-0.2, -0.15) is 13.2 Å². The summed E-state index contributed by atoms with van der Waals surface area (Å²) in [4.78, 5) is 13.9. The van der Waals surface area contributed by atoms with Crippen molar-refractivity contribution in [3.63, 3.8) is 0 Å². The van der Waals surface area contributed by atoms with Crippen molar-refractivity contribution in [2.45, 2.75) is 13.1 Å². The highest BCUT2D eigenvalue weighted by Gasteiger charge is 2.32. The summed E-state index contributed by atoms with van der Waals surface area (Å²) in [6.45, 7) is 1.59. The van der Waals surface area contributed by atoms with E-state index in [2.05, 4.69) is 16.7 Å². The number of ether oxygens (including phenoxy) is 1. The Morgan fingerprint density at radius 1 is 1.50 bits per heavy atom. The third kappa shape index (κ3) is 4.18. The zero-order valence-electron chi connectivity index (χ0n) is 9.36. The van der Waals surface area contributed by atoms with Gasteiger partial charge in [0.2, 0.25) is 0 Å². The molecule has 0 aliphatic rings. The number of hydrogen-bond donors (Lipinski definition) is 3. The van der Waals surface area contributed by atoms with Gasteiger partial charge in [0.1, 0.15) is 0 Å². The van der Waals surface area contributed by atoms with Crippen LogP contribution in [0.1, 0.15) is 23.0 Å². The van der Waals surface area contributed by atoms with Crippen LogP contribution in [0, 0.1) is 0 Å². The molecule has 0 aliphatic heterocycles. The zero-order chi connectivity index (χ0) is 14.3. The molecule has 1 aromatic rings. The SMILES string of the molecule is CCOc1cc(C(F)(F)F)cnc1C(=O)O.NN. The highest BCUT2D eigenvalue weighted by Crippen LogP contribution is 2.31. The number of alkyl halides is 3. The maximum Gasteiger partial charge on any atom is 0.418 e. The first-order valence-corrected chi connectivity index (χ1v) is 4.63. The molecule has 0 fully saturated rings. The molecule has 0 unspecified atom stereocenters. The molecule has 1 rings (SSSR count). The fourth-order valence-corrected chi connectivity index (χ4v) is 1.03. The molecule has 0 aromatic carbocycles. The number of hydrazine groups is 1. The molecule has 1 heterocycles. The van der Waals surface area contributed by atoms with Gasteiger partial charge < -0.3 is 9.84 Å². The average Bonchev–Trinajstić information content (AvgIpc) is 2.30. The molecule has 102 valence electrons. The molecule has 9 heteroatoms. The Hall–Kier alpha value is -1.87. The summed E-state index contributed by atoms with van der Waals surface area (Å²) in [6, 6.07) is 0.625. The number of hydrogen-bond acceptors (Lipinski definition) is 5. The van der Waals surface area contributed by atoms with Gasteiger partial charge in [0.05, 0.1) is 12.2 Å². The van der Waals surface area contributed by atoms with Gasteiger partial charge in [0, 0.05) is 6.20 Å². The highest BCUT2D eigenvalue weighted by molar-refractivity contribution is 5.88. The first-order valence-electron chi connectivity index (χ1n) is 4.63. The fraction of sp³-hybridized carbons (Fsp3) is 0.333. The molecule has 0 saturated heterocycles. The van der Waals surface area contributed by atoms with Crippen LogP contribution in [0.5, 0.6) is 5.75 Å². The van der Waals surface area contributed by atoms with Gasteiger partial charge >= 0.3 is 12.1 Å². The highest BCUT2D eigenvalue weighted by atomic mass is 19.4. The second-order valence-electron chi connectivity index (χ2n) is 2.81. The van der Waals surface area contributed by atoms with E-state index in [1.807, 2.05) is 0 Å². The number of halogens is 3. The normalized spacial score (nSPS) is 10.3. The van der Waals surface area contributed by atoms with Gasteiger partial charge in [-0.1, -0.05) is 0 Å². The molecule has 0 amide bonds. The van der Waals surface area contributed by atoms with Crippen LogP contribution in [0.4, 0.5) is 13.2 Å². The number of carboxylic acids is 1. The lowest BCUT2D eigenvalue weighted by molar-refractivity contribution is -0.138. The number of carboxylic acid groups (broad SMARTS) is 1. The Morgan fingerprint density at radius 3 is 2.44 bits per heavy atom. The molecule has 0 spiro atoms. The molecule has 0 bridgehead atoms. The molecular formula is C9H12F3N3O3. The Balaban J connectivity index is 0.00000137. The van der Waals surface area contributed by atoms with E-state index in [9.17, 15) is 18.0 Å². The van der Waals surface area contributed by atoms with E-state index in [0.717, 1.165) is 0 Å². The summed E-state index contributed by atoms with van der Waals surface area (Å²) in [6.07, 6.45) is -4.11. The summed E-state index contributed by atoms with van der Waals surface area (Å²) in [7, 11) is 0. The van der Waals surface area contributed by atoms with E-state index >= 15 is 0 Å². The summed E-state index contributed by atoms with van der Waals surface area (Å²) in [5, 5.41) is 8.66. The molecule has 0 atom stereocenters. The van der Waals surface area contributed by atoms with Gasteiger partial charge in [-0.25, -0.2) is 9.78 Å². The average molecular weight is 267 g/mol. The van der Waals surface area contributed by atoms with Crippen LogP contribution < -0.4 is 16.4 Å². The maximum absolute atomic E-state index is 12.3. The van der Waals surface area contributed by atoms with Crippen LogP contribution in [-0.4, -0.2) is 22.7 Å². The van der Waals surface area contributed by atoms with Crippen LogP contribution in [0.3, 0.4) is 0 Å². The number of nitrogens with zero attached hydrogens (tertiary/aromatic N) is 1.